The molecule has 0 amide bonds. The molecule has 0 saturated heterocycles. The fourth-order valence-corrected chi connectivity index (χ4v) is 3.40. The van der Waals surface area contributed by atoms with Gasteiger partial charge in [-0.2, -0.15) is 0 Å². The third kappa shape index (κ3) is 4.66. The highest BCUT2D eigenvalue weighted by Gasteiger charge is 2.38. The van der Waals surface area contributed by atoms with Gasteiger partial charge in [0.1, 0.15) is 12.4 Å². The molecule has 1 saturated carbocycles. The SMILES string of the molecule is COCCNC(=NCc1nnc(C)n1C)NCC1(c2ccccc2)CCC1. The number of aromatic nitrogens is 3. The fourth-order valence-electron chi connectivity index (χ4n) is 3.40. The van der Waals surface area contributed by atoms with Gasteiger partial charge in [-0.25, -0.2) is 4.99 Å². The number of aliphatic imine (C=N–C) groups is 1. The maximum Gasteiger partial charge on any atom is 0.191 e. The van der Waals surface area contributed by atoms with Crippen LogP contribution in [0.2, 0.25) is 0 Å². The molecule has 3 rings (SSSR count). The number of hydrogen-bond donors (Lipinski definition) is 2. The van der Waals surface area contributed by atoms with E-state index in [2.05, 4.69) is 51.2 Å². The van der Waals surface area contributed by atoms with Crippen LogP contribution in [0.25, 0.3) is 0 Å². The first-order valence-corrected chi connectivity index (χ1v) is 9.56. The predicted octanol–water partition coefficient (Wildman–Crippen LogP) is 1.93. The lowest BCUT2D eigenvalue weighted by molar-refractivity contribution is 0.203. The van der Waals surface area contributed by atoms with Crippen molar-refractivity contribution in [3.8, 4) is 0 Å². The molecule has 0 radical (unpaired) electrons. The Morgan fingerprint density at radius 3 is 2.59 bits per heavy atom. The molecule has 1 heterocycles. The van der Waals surface area contributed by atoms with E-state index < -0.39 is 0 Å². The smallest absolute Gasteiger partial charge is 0.191 e. The summed E-state index contributed by atoms with van der Waals surface area (Å²) in [6.07, 6.45) is 3.69. The Hall–Kier alpha value is -2.41. The van der Waals surface area contributed by atoms with E-state index in [0.717, 1.165) is 24.2 Å². The molecule has 0 bridgehead atoms. The molecule has 0 unspecified atom stereocenters. The van der Waals surface area contributed by atoms with Gasteiger partial charge in [-0.1, -0.05) is 36.8 Å². The van der Waals surface area contributed by atoms with Crippen LogP contribution in [-0.4, -0.2) is 47.5 Å². The van der Waals surface area contributed by atoms with E-state index in [9.17, 15) is 0 Å². The van der Waals surface area contributed by atoms with Crippen LogP contribution < -0.4 is 10.6 Å². The Morgan fingerprint density at radius 2 is 2.00 bits per heavy atom. The number of hydrogen-bond acceptors (Lipinski definition) is 4. The zero-order chi connectivity index (χ0) is 19.1. The van der Waals surface area contributed by atoms with Crippen molar-refractivity contribution in [1.29, 1.82) is 0 Å². The maximum absolute atomic E-state index is 5.15. The van der Waals surface area contributed by atoms with Gasteiger partial charge in [0.25, 0.3) is 0 Å². The van der Waals surface area contributed by atoms with E-state index in [1.807, 2.05) is 18.5 Å². The first-order chi connectivity index (χ1) is 13.1. The highest BCUT2D eigenvalue weighted by molar-refractivity contribution is 5.79. The van der Waals surface area contributed by atoms with Crippen LogP contribution in [0.4, 0.5) is 0 Å². The third-order valence-corrected chi connectivity index (χ3v) is 5.45. The summed E-state index contributed by atoms with van der Waals surface area (Å²) in [5, 5.41) is 15.2. The molecule has 1 aromatic carbocycles. The van der Waals surface area contributed by atoms with Crippen molar-refractivity contribution in [1.82, 2.24) is 25.4 Å². The second kappa shape index (κ2) is 8.99. The zero-order valence-electron chi connectivity index (χ0n) is 16.5. The lowest BCUT2D eigenvalue weighted by Crippen LogP contribution is -2.49. The van der Waals surface area contributed by atoms with E-state index in [1.165, 1.54) is 24.8 Å². The molecule has 0 atom stereocenters. The molecule has 1 fully saturated rings. The number of nitrogens with zero attached hydrogens (tertiary/aromatic N) is 4. The van der Waals surface area contributed by atoms with Gasteiger partial charge in [-0.3, -0.25) is 0 Å². The molecular weight excluding hydrogens is 340 g/mol. The minimum Gasteiger partial charge on any atom is -0.383 e. The van der Waals surface area contributed by atoms with Crippen molar-refractivity contribution in [2.45, 2.75) is 38.1 Å². The summed E-state index contributed by atoms with van der Waals surface area (Å²) in [5.41, 5.74) is 1.61. The third-order valence-electron chi connectivity index (χ3n) is 5.45. The first-order valence-electron chi connectivity index (χ1n) is 9.56. The highest BCUT2D eigenvalue weighted by Crippen LogP contribution is 2.43. The van der Waals surface area contributed by atoms with Crippen LogP contribution >= 0.6 is 0 Å². The average Bonchev–Trinajstić information content (AvgIpc) is 2.97. The number of rotatable bonds is 8. The van der Waals surface area contributed by atoms with E-state index in [-0.39, 0.29) is 5.41 Å². The van der Waals surface area contributed by atoms with Gasteiger partial charge in [0.05, 0.1) is 6.61 Å². The second-order valence-electron chi connectivity index (χ2n) is 7.16. The van der Waals surface area contributed by atoms with Crippen molar-refractivity contribution >= 4 is 5.96 Å². The van der Waals surface area contributed by atoms with Crippen LogP contribution in [0.15, 0.2) is 35.3 Å². The normalized spacial score (nSPS) is 16.0. The largest absolute Gasteiger partial charge is 0.383 e. The summed E-state index contributed by atoms with van der Waals surface area (Å²) >= 11 is 0. The van der Waals surface area contributed by atoms with Gasteiger partial charge < -0.3 is 19.9 Å². The van der Waals surface area contributed by atoms with Gasteiger partial charge in [-0.05, 0) is 25.3 Å². The zero-order valence-corrected chi connectivity index (χ0v) is 16.5. The topological polar surface area (TPSA) is 76.4 Å². The van der Waals surface area contributed by atoms with Crippen LogP contribution in [0.5, 0.6) is 0 Å². The van der Waals surface area contributed by atoms with Gasteiger partial charge in [0.15, 0.2) is 11.8 Å². The summed E-state index contributed by atoms with van der Waals surface area (Å²) in [5.74, 6) is 2.52. The summed E-state index contributed by atoms with van der Waals surface area (Å²) in [4.78, 5) is 4.71. The van der Waals surface area contributed by atoms with Crippen molar-refractivity contribution < 1.29 is 4.74 Å². The molecule has 27 heavy (non-hydrogen) atoms. The monoisotopic (exact) mass is 370 g/mol. The van der Waals surface area contributed by atoms with E-state index in [1.54, 1.807) is 7.11 Å². The van der Waals surface area contributed by atoms with Crippen LogP contribution in [0.1, 0.15) is 36.5 Å². The van der Waals surface area contributed by atoms with Crippen LogP contribution in [-0.2, 0) is 23.7 Å². The Kier molecular flexibility index (Phi) is 6.45. The predicted molar refractivity (Wildman–Crippen MR) is 107 cm³/mol. The fraction of sp³-hybridized carbons (Fsp3) is 0.550. The molecular formula is C20H30N6O. The lowest BCUT2D eigenvalue weighted by Gasteiger charge is -2.43. The Balaban J connectivity index is 1.67. The van der Waals surface area contributed by atoms with E-state index in [0.29, 0.717) is 19.7 Å². The molecule has 2 aromatic rings. The Labute approximate surface area is 161 Å². The Morgan fingerprint density at radius 1 is 1.22 bits per heavy atom. The van der Waals surface area contributed by atoms with Gasteiger partial charge >= 0.3 is 0 Å². The highest BCUT2D eigenvalue weighted by atomic mass is 16.5. The van der Waals surface area contributed by atoms with E-state index in [4.69, 9.17) is 9.73 Å². The lowest BCUT2D eigenvalue weighted by atomic mass is 9.64. The number of guanidine groups is 1. The summed E-state index contributed by atoms with van der Waals surface area (Å²) in [6.45, 7) is 4.63. The number of methoxy groups -OCH3 is 1. The maximum atomic E-state index is 5.15. The quantitative estimate of drug-likeness (QED) is 0.422. The van der Waals surface area contributed by atoms with Gasteiger partial charge in [0, 0.05) is 32.7 Å². The number of ether oxygens (including phenoxy) is 1. The minimum absolute atomic E-state index is 0.201. The van der Waals surface area contributed by atoms with E-state index >= 15 is 0 Å². The molecule has 7 nitrogen and oxygen atoms in total. The second-order valence-corrected chi connectivity index (χ2v) is 7.16. The summed E-state index contributed by atoms with van der Waals surface area (Å²) in [7, 11) is 3.66. The van der Waals surface area contributed by atoms with Gasteiger partial charge in [0.2, 0.25) is 0 Å². The standard InChI is InChI=1S/C20H30N6O/c1-16-24-25-18(26(16)2)14-22-19(21-12-13-27-3)23-15-20(10-7-11-20)17-8-5-4-6-9-17/h4-6,8-9H,7,10-15H2,1-3H3,(H2,21,22,23). The molecule has 1 aliphatic rings. The summed E-state index contributed by atoms with van der Waals surface area (Å²) in [6, 6.07) is 10.8. The van der Waals surface area contributed by atoms with Crippen molar-refractivity contribution in [3.63, 3.8) is 0 Å². The Bertz CT molecular complexity index is 751. The first kappa shape index (κ1) is 19.4. The molecule has 2 N–H and O–H groups in total. The number of aryl methyl sites for hydroxylation is 1. The van der Waals surface area contributed by atoms with Crippen molar-refractivity contribution in [3.05, 3.63) is 47.5 Å². The molecule has 0 spiro atoms. The van der Waals surface area contributed by atoms with Crippen LogP contribution in [0.3, 0.4) is 0 Å². The minimum atomic E-state index is 0.201. The number of benzene rings is 1. The molecule has 0 aliphatic heterocycles. The summed E-state index contributed by atoms with van der Waals surface area (Å²) < 4.78 is 7.12. The average molecular weight is 371 g/mol. The molecule has 1 aliphatic carbocycles. The molecule has 1 aromatic heterocycles. The van der Waals surface area contributed by atoms with Crippen LogP contribution in [0, 0.1) is 6.92 Å². The molecule has 7 heteroatoms. The van der Waals surface area contributed by atoms with Gasteiger partial charge in [-0.15, -0.1) is 10.2 Å². The van der Waals surface area contributed by atoms with Crippen molar-refractivity contribution in [2.75, 3.05) is 26.8 Å². The molecule has 146 valence electrons. The van der Waals surface area contributed by atoms with Crippen molar-refractivity contribution in [2.24, 2.45) is 12.0 Å². The number of nitrogens with one attached hydrogen (secondary N) is 2.